The summed E-state index contributed by atoms with van der Waals surface area (Å²) in [5, 5.41) is 9.65. The van der Waals surface area contributed by atoms with Crippen LogP contribution < -0.4 is 4.74 Å². The molecule has 3 nitrogen and oxygen atoms in total. The monoisotopic (exact) mass is 276 g/mol. The Kier molecular flexibility index (Phi) is 3.99. The molecule has 0 amide bonds. The number of benzene rings is 1. The standard InChI is InChI=1S/C17H24O3/c1-13(18)14-5-4-6-15(11-14)20-16-7-10-19-17(12-16)8-2-3-9-17/h4-6,11,13,16,18H,2-3,7-10,12H2,1H3/t13-,16?/m0/s1. The lowest BCUT2D eigenvalue weighted by Crippen LogP contribution is -2.41. The summed E-state index contributed by atoms with van der Waals surface area (Å²) in [6, 6.07) is 7.80. The molecule has 2 atom stereocenters. The fourth-order valence-electron chi connectivity index (χ4n) is 3.49. The molecule has 1 aromatic carbocycles. The SMILES string of the molecule is C[C@H](O)c1cccc(OC2CCOC3(CCCC3)C2)c1. The molecule has 1 spiro atoms. The number of aliphatic hydroxyl groups is 1. The summed E-state index contributed by atoms with van der Waals surface area (Å²) in [4.78, 5) is 0. The van der Waals surface area contributed by atoms with Crippen molar-refractivity contribution < 1.29 is 14.6 Å². The Hall–Kier alpha value is -1.06. The van der Waals surface area contributed by atoms with Gasteiger partial charge in [-0.05, 0) is 37.5 Å². The zero-order valence-corrected chi connectivity index (χ0v) is 12.2. The Balaban J connectivity index is 1.66. The third-order valence-electron chi connectivity index (χ3n) is 4.61. The van der Waals surface area contributed by atoms with Crippen molar-refractivity contribution in [1.29, 1.82) is 0 Å². The van der Waals surface area contributed by atoms with Crippen molar-refractivity contribution >= 4 is 0 Å². The van der Waals surface area contributed by atoms with Crippen LogP contribution in [0, 0.1) is 0 Å². The molecule has 1 aromatic rings. The first-order valence-corrected chi connectivity index (χ1v) is 7.76. The lowest BCUT2D eigenvalue weighted by molar-refractivity contribution is -0.108. The van der Waals surface area contributed by atoms with Gasteiger partial charge in [-0.2, -0.15) is 0 Å². The van der Waals surface area contributed by atoms with Gasteiger partial charge in [-0.25, -0.2) is 0 Å². The van der Waals surface area contributed by atoms with Crippen LogP contribution in [0.3, 0.4) is 0 Å². The first-order chi connectivity index (χ1) is 9.67. The third kappa shape index (κ3) is 2.99. The summed E-state index contributed by atoms with van der Waals surface area (Å²) < 4.78 is 12.2. The Morgan fingerprint density at radius 3 is 2.90 bits per heavy atom. The fraction of sp³-hybridized carbons (Fsp3) is 0.647. The second-order valence-corrected chi connectivity index (χ2v) is 6.22. The highest BCUT2D eigenvalue weighted by molar-refractivity contribution is 5.29. The maximum Gasteiger partial charge on any atom is 0.120 e. The Morgan fingerprint density at radius 1 is 1.35 bits per heavy atom. The van der Waals surface area contributed by atoms with Crippen molar-refractivity contribution in [2.45, 2.75) is 63.3 Å². The van der Waals surface area contributed by atoms with E-state index >= 15 is 0 Å². The molecule has 1 aliphatic heterocycles. The Morgan fingerprint density at radius 2 is 2.15 bits per heavy atom. The first-order valence-electron chi connectivity index (χ1n) is 7.76. The molecule has 3 heteroatoms. The van der Waals surface area contributed by atoms with E-state index in [0.717, 1.165) is 30.8 Å². The maximum atomic E-state index is 9.65. The number of hydrogen-bond acceptors (Lipinski definition) is 3. The molecule has 1 heterocycles. The normalized spacial score (nSPS) is 26.6. The summed E-state index contributed by atoms with van der Waals surface area (Å²) in [6.07, 6.45) is 6.68. The van der Waals surface area contributed by atoms with Gasteiger partial charge in [0, 0.05) is 12.8 Å². The number of ether oxygens (including phenoxy) is 2. The average Bonchev–Trinajstić information content (AvgIpc) is 2.87. The Labute approximate surface area is 120 Å². The van der Waals surface area contributed by atoms with Gasteiger partial charge in [0.05, 0.1) is 18.3 Å². The predicted octanol–water partition coefficient (Wildman–Crippen LogP) is 3.61. The van der Waals surface area contributed by atoms with Gasteiger partial charge in [0.25, 0.3) is 0 Å². The minimum atomic E-state index is -0.450. The van der Waals surface area contributed by atoms with E-state index < -0.39 is 6.10 Å². The van der Waals surface area contributed by atoms with Crippen molar-refractivity contribution in [1.82, 2.24) is 0 Å². The summed E-state index contributed by atoms with van der Waals surface area (Å²) in [7, 11) is 0. The maximum absolute atomic E-state index is 9.65. The largest absolute Gasteiger partial charge is 0.490 e. The number of rotatable bonds is 3. The molecule has 3 rings (SSSR count). The molecule has 2 fully saturated rings. The topological polar surface area (TPSA) is 38.7 Å². The molecule has 1 unspecified atom stereocenters. The van der Waals surface area contributed by atoms with Gasteiger partial charge in [-0.15, -0.1) is 0 Å². The predicted molar refractivity (Wildman–Crippen MR) is 77.9 cm³/mol. The number of hydrogen-bond donors (Lipinski definition) is 1. The van der Waals surface area contributed by atoms with Crippen LogP contribution in [0.25, 0.3) is 0 Å². The van der Waals surface area contributed by atoms with Crippen LogP contribution >= 0.6 is 0 Å². The quantitative estimate of drug-likeness (QED) is 0.916. The average molecular weight is 276 g/mol. The fourth-order valence-corrected chi connectivity index (χ4v) is 3.49. The van der Waals surface area contributed by atoms with Gasteiger partial charge < -0.3 is 14.6 Å². The molecular weight excluding hydrogens is 252 g/mol. The second-order valence-electron chi connectivity index (χ2n) is 6.22. The highest BCUT2D eigenvalue weighted by atomic mass is 16.5. The highest BCUT2D eigenvalue weighted by Gasteiger charge is 2.40. The number of aliphatic hydroxyl groups excluding tert-OH is 1. The first kappa shape index (κ1) is 13.9. The van der Waals surface area contributed by atoms with Crippen LogP contribution in [0.15, 0.2) is 24.3 Å². The molecule has 1 saturated carbocycles. The molecule has 1 N–H and O–H groups in total. The summed E-state index contributed by atoms with van der Waals surface area (Å²) in [6.45, 7) is 2.59. The van der Waals surface area contributed by atoms with Crippen molar-refractivity contribution in [2.24, 2.45) is 0 Å². The zero-order chi connectivity index (χ0) is 14.0. The molecule has 0 aromatic heterocycles. The lowest BCUT2D eigenvalue weighted by Gasteiger charge is -2.38. The lowest BCUT2D eigenvalue weighted by atomic mass is 9.90. The molecule has 110 valence electrons. The van der Waals surface area contributed by atoms with Crippen LogP contribution in [0.4, 0.5) is 0 Å². The van der Waals surface area contributed by atoms with Gasteiger partial charge in [0.1, 0.15) is 11.9 Å². The minimum absolute atomic E-state index is 0.0881. The van der Waals surface area contributed by atoms with Crippen LogP contribution in [0.2, 0.25) is 0 Å². The van der Waals surface area contributed by atoms with E-state index in [1.165, 1.54) is 25.7 Å². The Bertz CT molecular complexity index is 449. The molecular formula is C17H24O3. The van der Waals surface area contributed by atoms with Crippen molar-refractivity contribution in [3.05, 3.63) is 29.8 Å². The van der Waals surface area contributed by atoms with E-state index in [0.29, 0.717) is 0 Å². The summed E-state index contributed by atoms with van der Waals surface area (Å²) in [5.41, 5.74) is 0.996. The van der Waals surface area contributed by atoms with E-state index in [4.69, 9.17) is 9.47 Å². The molecule has 2 aliphatic rings. The third-order valence-corrected chi connectivity index (χ3v) is 4.61. The van der Waals surface area contributed by atoms with Crippen molar-refractivity contribution in [3.63, 3.8) is 0 Å². The summed E-state index contributed by atoms with van der Waals surface area (Å²) >= 11 is 0. The molecule has 0 bridgehead atoms. The van der Waals surface area contributed by atoms with Crippen LogP contribution in [-0.2, 0) is 4.74 Å². The van der Waals surface area contributed by atoms with Crippen LogP contribution in [0.1, 0.15) is 57.1 Å². The second kappa shape index (κ2) is 5.74. The van der Waals surface area contributed by atoms with Crippen molar-refractivity contribution in [3.8, 4) is 5.75 Å². The molecule has 20 heavy (non-hydrogen) atoms. The van der Waals surface area contributed by atoms with Crippen molar-refractivity contribution in [2.75, 3.05) is 6.61 Å². The van der Waals surface area contributed by atoms with E-state index in [1.54, 1.807) is 6.92 Å². The van der Waals surface area contributed by atoms with Gasteiger partial charge in [0.15, 0.2) is 0 Å². The smallest absolute Gasteiger partial charge is 0.120 e. The molecule has 1 aliphatic carbocycles. The molecule has 0 radical (unpaired) electrons. The van der Waals surface area contributed by atoms with Gasteiger partial charge >= 0.3 is 0 Å². The minimum Gasteiger partial charge on any atom is -0.490 e. The highest BCUT2D eigenvalue weighted by Crippen LogP contribution is 2.41. The van der Waals surface area contributed by atoms with E-state index in [2.05, 4.69) is 0 Å². The van der Waals surface area contributed by atoms with E-state index in [9.17, 15) is 5.11 Å². The van der Waals surface area contributed by atoms with Gasteiger partial charge in [-0.1, -0.05) is 25.0 Å². The summed E-state index contributed by atoms with van der Waals surface area (Å²) in [5.74, 6) is 0.864. The zero-order valence-electron chi connectivity index (χ0n) is 12.2. The van der Waals surface area contributed by atoms with Crippen LogP contribution in [-0.4, -0.2) is 23.4 Å². The van der Waals surface area contributed by atoms with Gasteiger partial charge in [-0.3, -0.25) is 0 Å². The van der Waals surface area contributed by atoms with E-state index in [1.807, 2.05) is 24.3 Å². The van der Waals surface area contributed by atoms with E-state index in [-0.39, 0.29) is 11.7 Å². The van der Waals surface area contributed by atoms with Crippen LogP contribution in [0.5, 0.6) is 5.75 Å². The molecule has 1 saturated heterocycles. The van der Waals surface area contributed by atoms with Gasteiger partial charge in [0.2, 0.25) is 0 Å².